The Bertz CT molecular complexity index is 836. The molecule has 0 saturated carbocycles. The van der Waals surface area contributed by atoms with E-state index in [-0.39, 0.29) is 11.7 Å². The Labute approximate surface area is 115 Å². The van der Waals surface area contributed by atoms with Gasteiger partial charge in [-0.3, -0.25) is 4.79 Å². The van der Waals surface area contributed by atoms with Crippen LogP contribution in [0.2, 0.25) is 0 Å². The SMILES string of the molecule is O=c1[nH]c2ccccc2c2c1CC(c1ccccc1)O2. The van der Waals surface area contributed by atoms with Crippen LogP contribution in [0.4, 0.5) is 0 Å². The first-order valence-corrected chi connectivity index (χ1v) is 6.68. The van der Waals surface area contributed by atoms with Gasteiger partial charge < -0.3 is 9.72 Å². The molecule has 0 fully saturated rings. The lowest BCUT2D eigenvalue weighted by Crippen LogP contribution is -2.10. The standard InChI is InChI=1S/C17H13NO2/c19-17-13-10-15(11-6-2-1-3-7-11)20-16(13)12-8-4-5-9-14(12)18-17/h1-9,15H,10H2,(H,18,19). The second-order valence-electron chi connectivity index (χ2n) is 5.03. The normalized spacial score (nSPS) is 16.9. The average Bonchev–Trinajstić information content (AvgIpc) is 2.94. The third-order valence-corrected chi connectivity index (χ3v) is 3.79. The van der Waals surface area contributed by atoms with Crippen molar-refractivity contribution < 1.29 is 4.74 Å². The van der Waals surface area contributed by atoms with E-state index >= 15 is 0 Å². The van der Waals surface area contributed by atoms with Crippen LogP contribution in [0.5, 0.6) is 5.75 Å². The van der Waals surface area contributed by atoms with Crippen LogP contribution >= 0.6 is 0 Å². The lowest BCUT2D eigenvalue weighted by atomic mass is 10.0. The van der Waals surface area contributed by atoms with E-state index in [0.29, 0.717) is 6.42 Å². The molecule has 20 heavy (non-hydrogen) atoms. The Morgan fingerprint density at radius 2 is 1.75 bits per heavy atom. The van der Waals surface area contributed by atoms with Gasteiger partial charge in [-0.1, -0.05) is 42.5 Å². The number of H-pyrrole nitrogens is 1. The summed E-state index contributed by atoms with van der Waals surface area (Å²) in [4.78, 5) is 15.1. The monoisotopic (exact) mass is 263 g/mol. The Kier molecular flexibility index (Phi) is 2.39. The van der Waals surface area contributed by atoms with Crippen molar-refractivity contribution in [3.8, 4) is 5.75 Å². The van der Waals surface area contributed by atoms with Crippen molar-refractivity contribution in [2.75, 3.05) is 0 Å². The molecule has 1 aliphatic rings. The molecule has 0 radical (unpaired) electrons. The van der Waals surface area contributed by atoms with Crippen molar-refractivity contribution in [2.24, 2.45) is 0 Å². The van der Waals surface area contributed by atoms with Gasteiger partial charge in [0.15, 0.2) is 0 Å². The molecule has 98 valence electrons. The number of aromatic amines is 1. The topological polar surface area (TPSA) is 42.1 Å². The van der Waals surface area contributed by atoms with Crippen LogP contribution in [-0.4, -0.2) is 4.98 Å². The van der Waals surface area contributed by atoms with Gasteiger partial charge in [0.1, 0.15) is 11.9 Å². The van der Waals surface area contributed by atoms with E-state index in [9.17, 15) is 4.79 Å². The van der Waals surface area contributed by atoms with E-state index < -0.39 is 0 Å². The first-order chi connectivity index (χ1) is 9.83. The lowest BCUT2D eigenvalue weighted by Gasteiger charge is -2.11. The first-order valence-electron chi connectivity index (χ1n) is 6.68. The smallest absolute Gasteiger partial charge is 0.255 e. The maximum Gasteiger partial charge on any atom is 0.255 e. The molecule has 1 aromatic heterocycles. The molecule has 3 nitrogen and oxygen atoms in total. The first kappa shape index (κ1) is 11.3. The summed E-state index contributed by atoms with van der Waals surface area (Å²) in [6.45, 7) is 0. The van der Waals surface area contributed by atoms with E-state index in [4.69, 9.17) is 4.74 Å². The molecule has 3 heteroatoms. The number of aromatic nitrogens is 1. The summed E-state index contributed by atoms with van der Waals surface area (Å²) in [5.74, 6) is 0.734. The number of hydrogen-bond acceptors (Lipinski definition) is 2. The highest BCUT2D eigenvalue weighted by atomic mass is 16.5. The van der Waals surface area contributed by atoms with Crippen LogP contribution in [-0.2, 0) is 6.42 Å². The minimum absolute atomic E-state index is 0.0443. The third-order valence-electron chi connectivity index (χ3n) is 3.79. The number of rotatable bonds is 1. The number of hydrogen-bond donors (Lipinski definition) is 1. The largest absolute Gasteiger partial charge is 0.484 e. The maximum absolute atomic E-state index is 12.2. The molecule has 0 spiro atoms. The minimum atomic E-state index is -0.0712. The van der Waals surface area contributed by atoms with Crippen LogP contribution in [0, 0.1) is 0 Å². The van der Waals surface area contributed by atoms with Crippen LogP contribution in [0.1, 0.15) is 17.2 Å². The van der Waals surface area contributed by atoms with Gasteiger partial charge >= 0.3 is 0 Å². The summed E-state index contributed by atoms with van der Waals surface area (Å²) in [6, 6.07) is 17.8. The van der Waals surface area contributed by atoms with Crippen molar-refractivity contribution >= 4 is 10.9 Å². The number of pyridine rings is 1. The zero-order valence-corrected chi connectivity index (χ0v) is 10.8. The van der Waals surface area contributed by atoms with Gasteiger partial charge in [-0.2, -0.15) is 0 Å². The summed E-state index contributed by atoms with van der Waals surface area (Å²) in [6.07, 6.45) is 0.553. The summed E-state index contributed by atoms with van der Waals surface area (Å²) in [7, 11) is 0. The molecular weight excluding hydrogens is 250 g/mol. The van der Waals surface area contributed by atoms with E-state index in [0.717, 1.165) is 27.8 Å². The van der Waals surface area contributed by atoms with Gasteiger partial charge in [0.2, 0.25) is 0 Å². The highest BCUT2D eigenvalue weighted by Gasteiger charge is 2.28. The Balaban J connectivity index is 1.87. The molecule has 4 rings (SSSR count). The van der Waals surface area contributed by atoms with Crippen LogP contribution in [0.25, 0.3) is 10.9 Å². The highest BCUT2D eigenvalue weighted by Crippen LogP contribution is 2.38. The fourth-order valence-corrected chi connectivity index (χ4v) is 2.80. The Hall–Kier alpha value is -2.55. The summed E-state index contributed by atoms with van der Waals surface area (Å²) in [5.41, 5.74) is 2.63. The number of ether oxygens (including phenoxy) is 1. The highest BCUT2D eigenvalue weighted by molar-refractivity contribution is 5.86. The van der Waals surface area contributed by atoms with Gasteiger partial charge in [0, 0.05) is 11.8 Å². The Morgan fingerprint density at radius 3 is 2.60 bits per heavy atom. The molecular formula is C17H13NO2. The number of fused-ring (bicyclic) bond motifs is 3. The van der Waals surface area contributed by atoms with Crippen molar-refractivity contribution in [1.82, 2.24) is 4.98 Å². The van der Waals surface area contributed by atoms with E-state index in [1.54, 1.807) is 0 Å². The van der Waals surface area contributed by atoms with E-state index in [1.807, 2.05) is 54.6 Å². The molecule has 1 N–H and O–H groups in total. The second-order valence-corrected chi connectivity index (χ2v) is 5.03. The number of para-hydroxylation sites is 1. The Morgan fingerprint density at radius 1 is 1.00 bits per heavy atom. The summed E-state index contributed by atoms with van der Waals surface area (Å²) < 4.78 is 6.07. The predicted octanol–water partition coefficient (Wildman–Crippen LogP) is 3.20. The van der Waals surface area contributed by atoms with Gasteiger partial charge in [0.05, 0.1) is 11.1 Å². The molecule has 0 bridgehead atoms. The minimum Gasteiger partial charge on any atom is -0.484 e. The molecule has 3 aromatic rings. The van der Waals surface area contributed by atoms with Crippen LogP contribution in [0.3, 0.4) is 0 Å². The molecule has 1 atom stereocenters. The van der Waals surface area contributed by atoms with Gasteiger partial charge in [-0.05, 0) is 17.7 Å². The molecule has 0 amide bonds. The predicted molar refractivity (Wildman–Crippen MR) is 78.1 cm³/mol. The van der Waals surface area contributed by atoms with Crippen molar-refractivity contribution in [1.29, 1.82) is 0 Å². The molecule has 2 heterocycles. The van der Waals surface area contributed by atoms with E-state index in [1.165, 1.54) is 0 Å². The quantitative estimate of drug-likeness (QED) is 0.732. The number of benzene rings is 2. The maximum atomic E-state index is 12.2. The van der Waals surface area contributed by atoms with Gasteiger partial charge in [0.25, 0.3) is 5.56 Å². The van der Waals surface area contributed by atoms with Gasteiger partial charge in [-0.25, -0.2) is 0 Å². The molecule has 1 aliphatic heterocycles. The second kappa shape index (κ2) is 4.23. The third kappa shape index (κ3) is 1.63. The zero-order chi connectivity index (χ0) is 13.5. The van der Waals surface area contributed by atoms with Crippen LogP contribution < -0.4 is 10.3 Å². The average molecular weight is 263 g/mol. The number of nitrogens with one attached hydrogen (secondary N) is 1. The molecule has 0 saturated heterocycles. The van der Waals surface area contributed by atoms with E-state index in [2.05, 4.69) is 4.98 Å². The van der Waals surface area contributed by atoms with Crippen molar-refractivity contribution in [2.45, 2.75) is 12.5 Å². The summed E-state index contributed by atoms with van der Waals surface area (Å²) >= 11 is 0. The van der Waals surface area contributed by atoms with Crippen molar-refractivity contribution in [3.63, 3.8) is 0 Å². The van der Waals surface area contributed by atoms with Crippen molar-refractivity contribution in [3.05, 3.63) is 76.1 Å². The lowest BCUT2D eigenvalue weighted by molar-refractivity contribution is 0.241. The molecule has 1 unspecified atom stereocenters. The fraction of sp³-hybridized carbons (Fsp3) is 0.118. The molecule has 2 aromatic carbocycles. The zero-order valence-electron chi connectivity index (χ0n) is 10.8. The fourth-order valence-electron chi connectivity index (χ4n) is 2.80. The van der Waals surface area contributed by atoms with Gasteiger partial charge in [-0.15, -0.1) is 0 Å². The summed E-state index contributed by atoms with van der Waals surface area (Å²) in [5, 5.41) is 0.973. The molecule has 0 aliphatic carbocycles. The van der Waals surface area contributed by atoms with Crippen LogP contribution in [0.15, 0.2) is 59.4 Å².